The van der Waals surface area contributed by atoms with Crippen molar-refractivity contribution >= 4 is 17.2 Å². The van der Waals surface area contributed by atoms with Crippen LogP contribution in [-0.4, -0.2) is 20.0 Å². The van der Waals surface area contributed by atoms with Gasteiger partial charge in [0, 0.05) is 10.8 Å². The van der Waals surface area contributed by atoms with Crippen LogP contribution in [0.1, 0.15) is 31.5 Å². The van der Waals surface area contributed by atoms with Crippen molar-refractivity contribution in [2.75, 3.05) is 5.73 Å². The van der Waals surface area contributed by atoms with Gasteiger partial charge >= 0.3 is 0 Å². The Morgan fingerprint density at radius 3 is 2.69 bits per heavy atom. The maximum Gasteiger partial charge on any atom is 0.165 e. The first kappa shape index (κ1) is 11.1. The summed E-state index contributed by atoms with van der Waals surface area (Å²) in [6.07, 6.45) is 1.71. The van der Waals surface area contributed by atoms with Crippen molar-refractivity contribution in [1.29, 1.82) is 0 Å². The molecule has 0 aromatic carbocycles. The highest BCUT2D eigenvalue weighted by Crippen LogP contribution is 2.24. The van der Waals surface area contributed by atoms with Crippen LogP contribution < -0.4 is 5.73 Å². The van der Waals surface area contributed by atoms with Gasteiger partial charge in [-0.1, -0.05) is 26.0 Å². The monoisotopic (exact) mass is 237 g/mol. The second-order valence-electron chi connectivity index (χ2n) is 4.72. The molecule has 0 bridgehead atoms. The van der Waals surface area contributed by atoms with Crippen LogP contribution in [0.3, 0.4) is 0 Å². The topological polar surface area (TPSA) is 69.6 Å². The van der Waals surface area contributed by atoms with E-state index in [1.54, 1.807) is 22.2 Å². The molecule has 2 aromatic heterocycles. The van der Waals surface area contributed by atoms with Crippen LogP contribution in [0.5, 0.6) is 0 Å². The first-order valence-electron chi connectivity index (χ1n) is 5.05. The third-order valence-corrected chi connectivity index (χ3v) is 3.01. The Bertz CT molecular complexity index is 479. The average molecular weight is 237 g/mol. The summed E-state index contributed by atoms with van der Waals surface area (Å²) in [7, 11) is 0. The van der Waals surface area contributed by atoms with Crippen LogP contribution in [0.4, 0.5) is 5.82 Å². The van der Waals surface area contributed by atoms with Crippen LogP contribution in [0.2, 0.25) is 0 Å². The van der Waals surface area contributed by atoms with Crippen molar-refractivity contribution in [2.45, 2.75) is 32.7 Å². The van der Waals surface area contributed by atoms with E-state index in [9.17, 15) is 0 Å². The minimum atomic E-state index is 0.0934. The number of nitrogen functional groups attached to an aromatic ring is 1. The van der Waals surface area contributed by atoms with Gasteiger partial charge in [0.2, 0.25) is 0 Å². The molecule has 0 saturated heterocycles. The van der Waals surface area contributed by atoms with E-state index in [1.165, 1.54) is 0 Å². The Balaban J connectivity index is 2.14. The van der Waals surface area contributed by atoms with E-state index in [2.05, 4.69) is 41.4 Å². The molecule has 0 aliphatic heterocycles. The van der Waals surface area contributed by atoms with Crippen LogP contribution in [-0.2, 0) is 12.0 Å². The SMILES string of the molecule is CC(C)(C)c1csc(Cn2cc(N)nn2)n1. The molecule has 0 saturated carbocycles. The lowest BCUT2D eigenvalue weighted by Crippen LogP contribution is -2.12. The van der Waals surface area contributed by atoms with Gasteiger partial charge in [0.1, 0.15) is 5.01 Å². The molecular formula is C10H15N5S. The van der Waals surface area contributed by atoms with Crippen molar-refractivity contribution in [1.82, 2.24) is 20.0 Å². The number of hydrogen-bond donors (Lipinski definition) is 1. The van der Waals surface area contributed by atoms with Crippen molar-refractivity contribution in [3.05, 3.63) is 22.3 Å². The predicted molar refractivity (Wildman–Crippen MR) is 64.4 cm³/mol. The third-order valence-electron chi connectivity index (χ3n) is 2.17. The lowest BCUT2D eigenvalue weighted by Gasteiger charge is -2.14. The fraction of sp³-hybridized carbons (Fsp3) is 0.500. The molecule has 0 spiro atoms. The molecule has 6 heteroatoms. The zero-order valence-corrected chi connectivity index (χ0v) is 10.5. The largest absolute Gasteiger partial charge is 0.381 e. The number of nitrogens with two attached hydrogens (primary N) is 1. The van der Waals surface area contributed by atoms with Crippen LogP contribution >= 0.6 is 11.3 Å². The highest BCUT2D eigenvalue weighted by molar-refractivity contribution is 7.09. The molecule has 0 aliphatic carbocycles. The van der Waals surface area contributed by atoms with Gasteiger partial charge in [0.15, 0.2) is 5.82 Å². The Kier molecular flexibility index (Phi) is 2.67. The van der Waals surface area contributed by atoms with E-state index >= 15 is 0 Å². The van der Waals surface area contributed by atoms with Crippen LogP contribution in [0.15, 0.2) is 11.6 Å². The molecular weight excluding hydrogens is 222 g/mol. The zero-order valence-electron chi connectivity index (χ0n) is 9.64. The number of rotatable bonds is 2. The van der Waals surface area contributed by atoms with E-state index in [1.807, 2.05) is 0 Å². The highest BCUT2D eigenvalue weighted by atomic mass is 32.1. The molecule has 0 aliphatic rings. The molecule has 0 fully saturated rings. The van der Waals surface area contributed by atoms with Crippen LogP contribution in [0.25, 0.3) is 0 Å². The van der Waals surface area contributed by atoms with Gasteiger partial charge in [-0.25, -0.2) is 9.67 Å². The summed E-state index contributed by atoms with van der Waals surface area (Å²) in [5, 5.41) is 10.7. The minimum Gasteiger partial charge on any atom is -0.381 e. The molecule has 0 atom stereocenters. The number of thiazole rings is 1. The van der Waals surface area contributed by atoms with Gasteiger partial charge in [-0.3, -0.25) is 0 Å². The van der Waals surface area contributed by atoms with Gasteiger partial charge in [-0.2, -0.15) is 0 Å². The lowest BCUT2D eigenvalue weighted by molar-refractivity contribution is 0.566. The fourth-order valence-corrected chi connectivity index (χ4v) is 2.27. The standard InChI is InChI=1S/C10H15N5S/c1-10(2,3)7-6-16-9(12-7)5-15-4-8(11)13-14-15/h4,6H,5,11H2,1-3H3. The van der Waals surface area contributed by atoms with Crippen molar-refractivity contribution in [2.24, 2.45) is 0 Å². The van der Waals surface area contributed by atoms with E-state index in [4.69, 9.17) is 5.73 Å². The van der Waals surface area contributed by atoms with E-state index in [0.717, 1.165) is 10.7 Å². The normalized spacial score (nSPS) is 11.9. The summed E-state index contributed by atoms with van der Waals surface area (Å²) in [4.78, 5) is 4.58. The predicted octanol–water partition coefficient (Wildman–Crippen LogP) is 1.66. The Morgan fingerprint density at radius 2 is 2.19 bits per heavy atom. The van der Waals surface area contributed by atoms with Gasteiger partial charge < -0.3 is 5.73 Å². The molecule has 2 aromatic rings. The quantitative estimate of drug-likeness (QED) is 0.862. The second kappa shape index (κ2) is 3.86. The molecule has 2 N–H and O–H groups in total. The Hall–Kier alpha value is -1.43. The fourth-order valence-electron chi connectivity index (χ4n) is 1.26. The maximum absolute atomic E-state index is 5.50. The molecule has 0 unspecified atom stereocenters. The number of nitrogens with zero attached hydrogens (tertiary/aromatic N) is 4. The molecule has 86 valence electrons. The number of hydrogen-bond acceptors (Lipinski definition) is 5. The molecule has 0 amide bonds. The Labute approximate surface area is 98.3 Å². The van der Waals surface area contributed by atoms with Crippen LogP contribution in [0, 0.1) is 0 Å². The molecule has 5 nitrogen and oxygen atoms in total. The van der Waals surface area contributed by atoms with E-state index < -0.39 is 0 Å². The lowest BCUT2D eigenvalue weighted by atomic mass is 9.93. The first-order valence-corrected chi connectivity index (χ1v) is 5.93. The molecule has 2 rings (SSSR count). The van der Waals surface area contributed by atoms with Gasteiger partial charge in [0.05, 0.1) is 18.4 Å². The summed E-state index contributed by atoms with van der Waals surface area (Å²) < 4.78 is 1.70. The second-order valence-corrected chi connectivity index (χ2v) is 5.66. The molecule has 0 radical (unpaired) electrons. The molecule has 16 heavy (non-hydrogen) atoms. The number of aromatic nitrogens is 4. The van der Waals surface area contributed by atoms with Crippen molar-refractivity contribution < 1.29 is 0 Å². The zero-order chi connectivity index (χ0) is 11.8. The smallest absolute Gasteiger partial charge is 0.165 e. The van der Waals surface area contributed by atoms with Crippen molar-refractivity contribution in [3.63, 3.8) is 0 Å². The third kappa shape index (κ3) is 2.38. The van der Waals surface area contributed by atoms with Crippen molar-refractivity contribution in [3.8, 4) is 0 Å². The van der Waals surface area contributed by atoms with Gasteiger partial charge in [-0.15, -0.1) is 16.4 Å². The summed E-state index contributed by atoms with van der Waals surface area (Å²) in [6.45, 7) is 7.09. The highest BCUT2D eigenvalue weighted by Gasteiger charge is 2.17. The van der Waals surface area contributed by atoms with E-state index in [-0.39, 0.29) is 5.41 Å². The summed E-state index contributed by atoms with van der Waals surface area (Å²) in [5.41, 5.74) is 6.70. The minimum absolute atomic E-state index is 0.0934. The average Bonchev–Trinajstić information content (AvgIpc) is 2.74. The summed E-state index contributed by atoms with van der Waals surface area (Å²) in [6, 6.07) is 0. The first-order chi connectivity index (χ1) is 7.45. The Morgan fingerprint density at radius 1 is 1.44 bits per heavy atom. The van der Waals surface area contributed by atoms with Gasteiger partial charge in [-0.05, 0) is 0 Å². The summed E-state index contributed by atoms with van der Waals surface area (Å²) in [5.74, 6) is 0.438. The number of anilines is 1. The maximum atomic E-state index is 5.50. The molecule has 2 heterocycles. The van der Waals surface area contributed by atoms with Gasteiger partial charge in [0.25, 0.3) is 0 Å². The van der Waals surface area contributed by atoms with E-state index in [0.29, 0.717) is 12.4 Å². The summed E-state index contributed by atoms with van der Waals surface area (Å²) >= 11 is 1.64.